The van der Waals surface area contributed by atoms with Crippen molar-refractivity contribution < 1.29 is 36.6 Å². The minimum absolute atomic E-state index is 0.0310. The highest BCUT2D eigenvalue weighted by Crippen LogP contribution is 2.39. The molecule has 3 aromatic carbocycles. The average molecular weight is 556 g/mol. The van der Waals surface area contributed by atoms with Gasteiger partial charge in [0.1, 0.15) is 22.8 Å². The first-order chi connectivity index (χ1) is 18.9. The Hall–Kier alpha value is -4.47. The number of ether oxygens (including phenoxy) is 3. The molecule has 0 saturated heterocycles. The minimum Gasteiger partial charge on any atom is -0.492 e. The molecule has 4 aromatic rings. The van der Waals surface area contributed by atoms with E-state index < -0.39 is 35.6 Å². The van der Waals surface area contributed by atoms with Crippen LogP contribution < -0.4 is 25.0 Å². The molecule has 10 heteroatoms. The van der Waals surface area contributed by atoms with Crippen molar-refractivity contribution >= 4 is 22.6 Å². The number of carbonyl (C=O) groups is 1. The van der Waals surface area contributed by atoms with Crippen LogP contribution in [0.3, 0.4) is 0 Å². The zero-order valence-corrected chi connectivity index (χ0v) is 22.3. The molecule has 0 atom stereocenters. The van der Waals surface area contributed by atoms with Crippen LogP contribution in [0.5, 0.6) is 23.0 Å². The first kappa shape index (κ1) is 28.5. The number of halogens is 3. The van der Waals surface area contributed by atoms with Crippen molar-refractivity contribution in [3.05, 3.63) is 88.3 Å². The van der Waals surface area contributed by atoms with Crippen LogP contribution in [0.4, 0.5) is 18.9 Å². The lowest BCUT2D eigenvalue weighted by atomic mass is 9.87. The van der Waals surface area contributed by atoms with Gasteiger partial charge in [-0.05, 0) is 54.3 Å². The van der Waals surface area contributed by atoms with Crippen LogP contribution in [0.25, 0.3) is 11.0 Å². The van der Waals surface area contributed by atoms with Gasteiger partial charge in [-0.15, -0.1) is 0 Å². The summed E-state index contributed by atoms with van der Waals surface area (Å²) in [5, 5.41) is 2.51. The Morgan fingerprint density at radius 2 is 1.60 bits per heavy atom. The third-order valence-corrected chi connectivity index (χ3v) is 5.85. The van der Waals surface area contributed by atoms with Crippen LogP contribution in [-0.2, 0) is 16.4 Å². The van der Waals surface area contributed by atoms with Crippen LogP contribution in [0.2, 0.25) is 0 Å². The highest BCUT2D eigenvalue weighted by Gasteiger charge is 2.40. The number of hydrogen-bond donors (Lipinski definition) is 1. The molecule has 210 valence electrons. The number of hydrogen-bond acceptors (Lipinski definition) is 6. The van der Waals surface area contributed by atoms with Crippen molar-refractivity contribution in [3.63, 3.8) is 0 Å². The number of anilines is 1. The van der Waals surface area contributed by atoms with Crippen molar-refractivity contribution in [2.24, 2.45) is 0 Å². The molecule has 1 aromatic heterocycles. The van der Waals surface area contributed by atoms with Crippen LogP contribution in [0, 0.1) is 0 Å². The summed E-state index contributed by atoms with van der Waals surface area (Å²) in [5.74, 6) is -2.50. The third kappa shape index (κ3) is 6.56. The second-order valence-corrected chi connectivity index (χ2v) is 9.89. The van der Waals surface area contributed by atoms with E-state index in [1.807, 2.05) is 27.7 Å². The number of rotatable bonds is 8. The van der Waals surface area contributed by atoms with E-state index in [4.69, 9.17) is 18.6 Å². The fourth-order valence-corrected chi connectivity index (χ4v) is 3.85. The SMILES string of the molecule is CCOc1ccccc1NC(=O)COc1ccc2c(=O)c(Oc3ccc(C(C)(C)C)cc3)c(C(F)(F)F)oc2c1. The monoisotopic (exact) mass is 555 g/mol. The lowest BCUT2D eigenvalue weighted by Gasteiger charge is -2.19. The molecule has 40 heavy (non-hydrogen) atoms. The predicted molar refractivity (Wildman–Crippen MR) is 144 cm³/mol. The van der Waals surface area contributed by atoms with Gasteiger partial charge in [0.2, 0.25) is 11.2 Å². The highest BCUT2D eigenvalue weighted by molar-refractivity contribution is 5.93. The lowest BCUT2D eigenvalue weighted by Crippen LogP contribution is -2.20. The van der Waals surface area contributed by atoms with Crippen molar-refractivity contribution in [1.29, 1.82) is 0 Å². The molecule has 1 heterocycles. The van der Waals surface area contributed by atoms with Crippen LogP contribution in [0.15, 0.2) is 75.9 Å². The molecule has 0 fully saturated rings. The average Bonchev–Trinajstić information content (AvgIpc) is 2.89. The highest BCUT2D eigenvalue weighted by atomic mass is 19.4. The normalized spacial score (nSPS) is 11.8. The van der Waals surface area contributed by atoms with E-state index >= 15 is 0 Å². The predicted octanol–water partition coefficient (Wildman–Crippen LogP) is 7.32. The number of nitrogens with one attached hydrogen (secondary N) is 1. The summed E-state index contributed by atoms with van der Waals surface area (Å²) in [5.41, 5.74) is -0.150. The van der Waals surface area contributed by atoms with Crippen molar-refractivity contribution in [3.8, 4) is 23.0 Å². The van der Waals surface area contributed by atoms with Crippen molar-refractivity contribution in [2.75, 3.05) is 18.5 Å². The minimum atomic E-state index is -5.02. The summed E-state index contributed by atoms with van der Waals surface area (Å²) in [7, 11) is 0. The van der Waals surface area contributed by atoms with Crippen LogP contribution in [-0.4, -0.2) is 19.1 Å². The first-order valence-corrected chi connectivity index (χ1v) is 12.5. The molecule has 1 N–H and O–H groups in total. The molecule has 0 aliphatic carbocycles. The molecule has 0 unspecified atom stereocenters. The summed E-state index contributed by atoms with van der Waals surface area (Å²) >= 11 is 0. The first-order valence-electron chi connectivity index (χ1n) is 12.5. The zero-order chi connectivity index (χ0) is 29.1. The molecular formula is C30H28F3NO6. The van der Waals surface area contributed by atoms with Gasteiger partial charge in [-0.2, -0.15) is 13.2 Å². The van der Waals surface area contributed by atoms with Crippen molar-refractivity contribution in [1.82, 2.24) is 0 Å². The Morgan fingerprint density at radius 1 is 0.925 bits per heavy atom. The van der Waals surface area contributed by atoms with E-state index in [-0.39, 0.29) is 27.9 Å². The Kier molecular flexibility index (Phi) is 8.08. The number of carbonyl (C=O) groups excluding carboxylic acids is 1. The third-order valence-electron chi connectivity index (χ3n) is 5.85. The van der Waals surface area contributed by atoms with Gasteiger partial charge in [-0.3, -0.25) is 9.59 Å². The number of para-hydroxylation sites is 2. The Labute approximate surface area is 228 Å². The fraction of sp³-hybridized carbons (Fsp3) is 0.267. The largest absolute Gasteiger partial charge is 0.492 e. The molecule has 0 spiro atoms. The van der Waals surface area contributed by atoms with Gasteiger partial charge in [-0.25, -0.2) is 0 Å². The summed E-state index contributed by atoms with van der Waals surface area (Å²) in [6, 6.07) is 17.0. The number of amides is 1. The summed E-state index contributed by atoms with van der Waals surface area (Å²) in [4.78, 5) is 25.5. The van der Waals surface area contributed by atoms with Gasteiger partial charge in [-0.1, -0.05) is 45.0 Å². The molecule has 0 aliphatic heterocycles. The van der Waals surface area contributed by atoms with E-state index in [1.54, 1.807) is 36.4 Å². The number of alkyl halides is 3. The second-order valence-electron chi connectivity index (χ2n) is 9.89. The Bertz CT molecular complexity index is 1570. The lowest BCUT2D eigenvalue weighted by molar-refractivity contribution is -0.154. The summed E-state index contributed by atoms with van der Waals surface area (Å²) in [6.07, 6.45) is -5.02. The molecule has 4 rings (SSSR count). The second kappa shape index (κ2) is 11.3. The van der Waals surface area contributed by atoms with E-state index in [2.05, 4.69) is 5.32 Å². The molecular weight excluding hydrogens is 527 g/mol. The molecule has 0 radical (unpaired) electrons. The standard InChI is InChI=1S/C30H28F3NO6/c1-5-37-23-9-7-6-8-22(23)34-25(35)17-38-20-14-15-21-24(16-20)40-28(30(31,32)33)27(26(21)36)39-19-12-10-18(11-13-19)29(2,3)4/h6-16H,5,17H2,1-4H3,(H,34,35). The molecule has 7 nitrogen and oxygen atoms in total. The zero-order valence-electron chi connectivity index (χ0n) is 22.3. The fourth-order valence-electron chi connectivity index (χ4n) is 3.85. The topological polar surface area (TPSA) is 87.0 Å². The molecule has 0 bridgehead atoms. The summed E-state index contributed by atoms with van der Waals surface area (Å²) < 4.78 is 63.2. The van der Waals surface area contributed by atoms with Gasteiger partial charge >= 0.3 is 6.18 Å². The van der Waals surface area contributed by atoms with Gasteiger partial charge < -0.3 is 23.9 Å². The Balaban J connectivity index is 1.58. The maximum absolute atomic E-state index is 13.9. The van der Waals surface area contributed by atoms with E-state index in [0.717, 1.165) is 11.6 Å². The van der Waals surface area contributed by atoms with E-state index in [9.17, 15) is 22.8 Å². The Morgan fingerprint density at radius 3 is 2.25 bits per heavy atom. The molecule has 0 aliphatic rings. The molecule has 0 saturated carbocycles. The van der Waals surface area contributed by atoms with Gasteiger partial charge in [0.05, 0.1) is 17.7 Å². The molecule has 1 amide bonds. The summed E-state index contributed by atoms with van der Waals surface area (Å²) in [6.45, 7) is 7.75. The van der Waals surface area contributed by atoms with Gasteiger partial charge in [0.15, 0.2) is 6.61 Å². The quantitative estimate of drug-likeness (QED) is 0.245. The van der Waals surface area contributed by atoms with E-state index in [0.29, 0.717) is 18.0 Å². The smallest absolute Gasteiger partial charge is 0.453 e. The van der Waals surface area contributed by atoms with Gasteiger partial charge in [0, 0.05) is 6.07 Å². The van der Waals surface area contributed by atoms with Crippen molar-refractivity contribution in [2.45, 2.75) is 39.3 Å². The van der Waals surface area contributed by atoms with Crippen LogP contribution >= 0.6 is 0 Å². The maximum atomic E-state index is 13.9. The number of fused-ring (bicyclic) bond motifs is 1. The maximum Gasteiger partial charge on any atom is 0.453 e. The van der Waals surface area contributed by atoms with Crippen LogP contribution in [0.1, 0.15) is 39.0 Å². The number of benzene rings is 3. The van der Waals surface area contributed by atoms with Gasteiger partial charge in [0.25, 0.3) is 11.7 Å². The van der Waals surface area contributed by atoms with E-state index in [1.165, 1.54) is 24.3 Å².